The van der Waals surface area contributed by atoms with Crippen LogP contribution in [0.1, 0.15) is 33.6 Å². The molecule has 0 spiro atoms. The molecule has 17 heavy (non-hydrogen) atoms. The average Bonchev–Trinajstić information content (AvgIpc) is 2.20. The summed E-state index contributed by atoms with van der Waals surface area (Å²) in [6.07, 6.45) is 0.626. The van der Waals surface area contributed by atoms with Crippen molar-refractivity contribution in [2.45, 2.75) is 33.6 Å². The number of rotatable bonds is 5. The Morgan fingerprint density at radius 1 is 1.47 bits per heavy atom. The molecule has 0 aromatic carbocycles. The Morgan fingerprint density at radius 2 is 2.06 bits per heavy atom. The minimum absolute atomic E-state index is 0.0146. The zero-order valence-corrected chi connectivity index (χ0v) is 9.97. The fourth-order valence-electron chi connectivity index (χ4n) is 2.36. The Bertz CT molecular complexity index is 351. The van der Waals surface area contributed by atoms with E-state index >= 15 is 0 Å². The number of Topliss-reactive ketones (excluding diaryl/α,β-unsaturated/α-hetero) is 1. The van der Waals surface area contributed by atoms with Gasteiger partial charge in [0, 0.05) is 5.92 Å². The van der Waals surface area contributed by atoms with E-state index in [9.17, 15) is 19.7 Å². The molecule has 0 aromatic heterocycles. The summed E-state index contributed by atoms with van der Waals surface area (Å²) >= 11 is 0. The molecule has 7 heteroatoms. The Kier molecular flexibility index (Phi) is 3.69. The summed E-state index contributed by atoms with van der Waals surface area (Å²) in [5.74, 6) is -0.765. The predicted molar refractivity (Wildman–Crippen MR) is 54.8 cm³/mol. The molecule has 1 rings (SSSR count). The lowest BCUT2D eigenvalue weighted by Crippen LogP contribution is -2.49. The van der Waals surface area contributed by atoms with Crippen LogP contribution < -0.4 is 0 Å². The van der Waals surface area contributed by atoms with Gasteiger partial charge in [0.1, 0.15) is 5.78 Å². The Hall–Kier alpha value is -1.66. The summed E-state index contributed by atoms with van der Waals surface area (Å²) in [5, 5.41) is 8.61. The number of hydrogen-bond acceptors (Lipinski definition) is 6. The summed E-state index contributed by atoms with van der Waals surface area (Å²) in [6, 6.07) is 0. The highest BCUT2D eigenvalue weighted by Gasteiger charge is 2.50. The number of carbonyl (C=O) groups excluding carboxylic acids is 2. The van der Waals surface area contributed by atoms with E-state index in [-0.39, 0.29) is 29.5 Å². The monoisotopic (exact) mass is 245 g/mol. The van der Waals surface area contributed by atoms with E-state index in [1.807, 2.05) is 13.8 Å². The standard InChI is InChI=1S/C10H15NO6/c1-6(12)8-4-7(10(8,2)3)5-9(13)16-17-11(14)15/h7-8H,4-5H2,1-3H3. The molecule has 2 atom stereocenters. The lowest BCUT2D eigenvalue weighted by Gasteiger charge is -2.50. The van der Waals surface area contributed by atoms with E-state index in [4.69, 9.17) is 0 Å². The van der Waals surface area contributed by atoms with Crippen LogP contribution in [0.25, 0.3) is 0 Å². The summed E-state index contributed by atoms with van der Waals surface area (Å²) in [6.45, 7) is 5.32. The van der Waals surface area contributed by atoms with E-state index < -0.39 is 11.1 Å². The number of carbonyl (C=O) groups is 2. The molecule has 0 bridgehead atoms. The number of ketones is 1. The van der Waals surface area contributed by atoms with Crippen LogP contribution in [0.5, 0.6) is 0 Å². The molecule has 96 valence electrons. The molecule has 2 unspecified atom stereocenters. The molecule has 1 fully saturated rings. The molecule has 0 radical (unpaired) electrons. The minimum Gasteiger partial charge on any atom is -0.300 e. The van der Waals surface area contributed by atoms with Gasteiger partial charge in [-0.1, -0.05) is 18.8 Å². The van der Waals surface area contributed by atoms with Crippen molar-refractivity contribution in [1.29, 1.82) is 0 Å². The molecule has 0 heterocycles. The third-order valence-electron chi connectivity index (χ3n) is 3.57. The molecule has 0 saturated heterocycles. The molecule has 0 aromatic rings. The second kappa shape index (κ2) is 4.68. The van der Waals surface area contributed by atoms with E-state index in [0.717, 1.165) is 0 Å². The topological polar surface area (TPSA) is 95.7 Å². The highest BCUT2D eigenvalue weighted by Crippen LogP contribution is 2.53. The summed E-state index contributed by atoms with van der Waals surface area (Å²) in [4.78, 5) is 39.7. The van der Waals surface area contributed by atoms with Gasteiger partial charge in [-0.2, -0.15) is 0 Å². The summed E-state index contributed by atoms with van der Waals surface area (Å²) in [5.41, 5.74) is -0.278. The van der Waals surface area contributed by atoms with Crippen LogP contribution in [0.3, 0.4) is 0 Å². The molecular formula is C10H15NO6. The van der Waals surface area contributed by atoms with Gasteiger partial charge in [-0.25, -0.2) is 4.79 Å². The second-order valence-corrected chi connectivity index (χ2v) is 4.87. The quantitative estimate of drug-likeness (QED) is 0.411. The molecule has 0 aliphatic heterocycles. The van der Waals surface area contributed by atoms with E-state index in [1.54, 1.807) is 0 Å². The molecule has 7 nitrogen and oxygen atoms in total. The van der Waals surface area contributed by atoms with Crippen molar-refractivity contribution in [3.05, 3.63) is 10.1 Å². The van der Waals surface area contributed by atoms with Gasteiger partial charge < -0.3 is 0 Å². The number of nitrogens with zero attached hydrogens (tertiary/aromatic N) is 1. The van der Waals surface area contributed by atoms with Crippen molar-refractivity contribution in [1.82, 2.24) is 0 Å². The van der Waals surface area contributed by atoms with Gasteiger partial charge in [0.2, 0.25) is 0 Å². The maximum Gasteiger partial charge on any atom is 0.343 e. The van der Waals surface area contributed by atoms with Crippen molar-refractivity contribution < 1.29 is 24.6 Å². The maximum absolute atomic E-state index is 11.3. The fraction of sp³-hybridized carbons (Fsp3) is 0.800. The zero-order chi connectivity index (χ0) is 13.2. The second-order valence-electron chi connectivity index (χ2n) is 4.87. The first-order chi connectivity index (χ1) is 7.75. The van der Waals surface area contributed by atoms with Crippen molar-refractivity contribution in [2.75, 3.05) is 0 Å². The number of hydrogen-bond donors (Lipinski definition) is 0. The molecule has 1 aliphatic carbocycles. The van der Waals surface area contributed by atoms with Crippen LogP contribution in [0, 0.1) is 27.4 Å². The highest BCUT2D eigenvalue weighted by atomic mass is 17.3. The SMILES string of the molecule is CC(=O)C1CC(CC(=O)OO[N+](=O)[O-])C1(C)C. The first kappa shape index (κ1) is 13.4. The predicted octanol–water partition coefficient (Wildman–Crippen LogP) is 1.29. The smallest absolute Gasteiger partial charge is 0.300 e. The lowest BCUT2D eigenvalue weighted by atomic mass is 9.53. The van der Waals surface area contributed by atoms with Crippen molar-refractivity contribution in [2.24, 2.45) is 17.3 Å². The Labute approximate surface area is 98.1 Å². The average molecular weight is 245 g/mol. The minimum atomic E-state index is -1.19. The van der Waals surface area contributed by atoms with E-state index in [2.05, 4.69) is 9.88 Å². The van der Waals surface area contributed by atoms with Gasteiger partial charge in [-0.15, -0.1) is 10.1 Å². The molecule has 1 aliphatic rings. The highest BCUT2D eigenvalue weighted by molar-refractivity contribution is 5.80. The van der Waals surface area contributed by atoms with Crippen LogP contribution in [0.15, 0.2) is 0 Å². The Morgan fingerprint density at radius 3 is 2.47 bits per heavy atom. The van der Waals surface area contributed by atoms with E-state index in [1.165, 1.54) is 6.92 Å². The molecule has 0 amide bonds. The maximum atomic E-state index is 11.3. The fourth-order valence-corrected chi connectivity index (χ4v) is 2.36. The molecule has 1 saturated carbocycles. The van der Waals surface area contributed by atoms with Crippen molar-refractivity contribution >= 4 is 11.8 Å². The van der Waals surface area contributed by atoms with Gasteiger partial charge in [0.15, 0.2) is 0 Å². The summed E-state index contributed by atoms with van der Waals surface area (Å²) in [7, 11) is 0. The molecular weight excluding hydrogens is 230 g/mol. The van der Waals surface area contributed by atoms with Crippen LogP contribution >= 0.6 is 0 Å². The van der Waals surface area contributed by atoms with Crippen molar-refractivity contribution in [3.63, 3.8) is 0 Å². The largest absolute Gasteiger partial charge is 0.343 e. The third kappa shape index (κ3) is 2.92. The normalized spacial score (nSPS) is 25.6. The van der Waals surface area contributed by atoms with Crippen LogP contribution in [0.2, 0.25) is 0 Å². The first-order valence-electron chi connectivity index (χ1n) is 5.27. The van der Waals surface area contributed by atoms with Gasteiger partial charge in [-0.3, -0.25) is 9.68 Å². The molecule has 0 N–H and O–H groups in total. The summed E-state index contributed by atoms with van der Waals surface area (Å²) < 4.78 is 0. The zero-order valence-electron chi connectivity index (χ0n) is 9.97. The lowest BCUT2D eigenvalue weighted by molar-refractivity contribution is -0.839. The van der Waals surface area contributed by atoms with Gasteiger partial charge in [-0.05, 0) is 24.7 Å². The van der Waals surface area contributed by atoms with E-state index in [0.29, 0.717) is 6.42 Å². The third-order valence-corrected chi connectivity index (χ3v) is 3.57. The van der Waals surface area contributed by atoms with Gasteiger partial charge >= 0.3 is 11.1 Å². The van der Waals surface area contributed by atoms with Crippen LogP contribution in [0.4, 0.5) is 0 Å². The van der Waals surface area contributed by atoms with Crippen LogP contribution in [-0.2, 0) is 19.5 Å². The Balaban J connectivity index is 2.42. The van der Waals surface area contributed by atoms with Gasteiger partial charge in [0.25, 0.3) is 0 Å². The van der Waals surface area contributed by atoms with Crippen LogP contribution in [-0.4, -0.2) is 16.8 Å². The first-order valence-corrected chi connectivity index (χ1v) is 5.27. The van der Waals surface area contributed by atoms with Crippen molar-refractivity contribution in [3.8, 4) is 0 Å². The van der Waals surface area contributed by atoms with Gasteiger partial charge in [0.05, 0.1) is 6.42 Å².